The molecule has 6 heteroatoms. The lowest BCUT2D eigenvalue weighted by Crippen LogP contribution is -2.36. The van der Waals surface area contributed by atoms with E-state index in [1.807, 2.05) is 24.3 Å². The highest BCUT2D eigenvalue weighted by Gasteiger charge is 2.13. The van der Waals surface area contributed by atoms with Crippen LogP contribution in [0.3, 0.4) is 0 Å². The second-order valence-electron chi connectivity index (χ2n) is 4.44. The topological polar surface area (TPSA) is 59.0 Å². The van der Waals surface area contributed by atoms with Crippen molar-refractivity contribution >= 4 is 21.8 Å². The summed E-state index contributed by atoms with van der Waals surface area (Å²) in [4.78, 5) is 13.3. The third kappa shape index (κ3) is 6.36. The molecule has 0 heterocycles. The van der Waals surface area contributed by atoms with Gasteiger partial charge >= 0.3 is 0 Å². The number of benzene rings is 1. The van der Waals surface area contributed by atoms with Crippen LogP contribution in [0.2, 0.25) is 0 Å². The van der Waals surface area contributed by atoms with Crippen molar-refractivity contribution < 1.29 is 19.4 Å². The lowest BCUT2D eigenvalue weighted by atomic mass is 10.3. The van der Waals surface area contributed by atoms with E-state index in [1.54, 1.807) is 7.05 Å². The second-order valence-corrected chi connectivity index (χ2v) is 5.35. The zero-order valence-electron chi connectivity index (χ0n) is 11.7. The molecule has 1 unspecified atom stereocenters. The molecule has 0 aliphatic heterocycles. The molecule has 0 aliphatic rings. The quantitative estimate of drug-likeness (QED) is 0.778. The zero-order valence-corrected chi connectivity index (χ0v) is 13.3. The first kappa shape index (κ1) is 16.9. The van der Waals surface area contributed by atoms with E-state index in [2.05, 4.69) is 15.9 Å². The molecule has 1 atom stereocenters. The van der Waals surface area contributed by atoms with E-state index in [0.717, 1.165) is 10.2 Å². The van der Waals surface area contributed by atoms with Gasteiger partial charge in [-0.2, -0.15) is 0 Å². The molecule has 1 aromatic carbocycles. The maximum Gasteiger partial charge on any atom is 0.225 e. The van der Waals surface area contributed by atoms with E-state index in [4.69, 9.17) is 9.47 Å². The van der Waals surface area contributed by atoms with Crippen molar-refractivity contribution in [1.29, 1.82) is 0 Å². The maximum absolute atomic E-state index is 11.8. The Labute approximate surface area is 127 Å². The number of carbonyl (C=O) groups is 1. The average Bonchev–Trinajstić information content (AvgIpc) is 2.41. The molecule has 20 heavy (non-hydrogen) atoms. The summed E-state index contributed by atoms with van der Waals surface area (Å²) in [5.74, 6) is 0.653. The minimum atomic E-state index is -0.665. The molecule has 112 valence electrons. The van der Waals surface area contributed by atoms with Crippen LogP contribution >= 0.6 is 15.9 Å². The molecule has 0 bridgehead atoms. The first-order chi connectivity index (χ1) is 9.52. The summed E-state index contributed by atoms with van der Waals surface area (Å²) in [6.45, 7) is 0.781. The summed E-state index contributed by atoms with van der Waals surface area (Å²) in [5.41, 5.74) is 0. The van der Waals surface area contributed by atoms with Gasteiger partial charge in [0.2, 0.25) is 5.91 Å². The predicted molar refractivity (Wildman–Crippen MR) is 79.8 cm³/mol. The summed E-state index contributed by atoms with van der Waals surface area (Å²) in [6.07, 6.45) is -0.395. The van der Waals surface area contributed by atoms with Crippen molar-refractivity contribution in [2.75, 3.05) is 33.9 Å². The highest BCUT2D eigenvalue weighted by Crippen LogP contribution is 2.16. The van der Waals surface area contributed by atoms with Crippen LogP contribution in [0.25, 0.3) is 0 Å². The Morgan fingerprint density at radius 2 is 2.05 bits per heavy atom. The van der Waals surface area contributed by atoms with Gasteiger partial charge in [-0.25, -0.2) is 0 Å². The van der Waals surface area contributed by atoms with Crippen molar-refractivity contribution in [3.63, 3.8) is 0 Å². The number of likely N-dealkylation sites (N-methyl/N-ethyl adjacent to an activating group) is 1. The fourth-order valence-corrected chi connectivity index (χ4v) is 1.91. The minimum Gasteiger partial charge on any atom is -0.493 e. The van der Waals surface area contributed by atoms with Gasteiger partial charge in [-0.1, -0.05) is 15.9 Å². The van der Waals surface area contributed by atoms with Gasteiger partial charge in [0.25, 0.3) is 0 Å². The summed E-state index contributed by atoms with van der Waals surface area (Å²) >= 11 is 3.34. The van der Waals surface area contributed by atoms with Gasteiger partial charge in [0, 0.05) is 25.2 Å². The Hall–Kier alpha value is -1.11. The number of aliphatic hydroxyl groups is 1. The Morgan fingerprint density at radius 1 is 1.40 bits per heavy atom. The monoisotopic (exact) mass is 345 g/mol. The van der Waals surface area contributed by atoms with Gasteiger partial charge in [-0.3, -0.25) is 4.79 Å². The number of hydrogen-bond acceptors (Lipinski definition) is 4. The Balaban J connectivity index is 2.26. The van der Waals surface area contributed by atoms with Crippen molar-refractivity contribution in [3.8, 4) is 5.75 Å². The highest BCUT2D eigenvalue weighted by atomic mass is 79.9. The van der Waals surface area contributed by atoms with Crippen LogP contribution in [-0.2, 0) is 9.53 Å². The van der Waals surface area contributed by atoms with Crippen molar-refractivity contribution in [3.05, 3.63) is 28.7 Å². The van der Waals surface area contributed by atoms with Gasteiger partial charge in [-0.15, -0.1) is 0 Å². The van der Waals surface area contributed by atoms with E-state index >= 15 is 0 Å². The molecule has 0 radical (unpaired) electrons. The van der Waals surface area contributed by atoms with Gasteiger partial charge in [0.15, 0.2) is 0 Å². The van der Waals surface area contributed by atoms with E-state index in [9.17, 15) is 9.90 Å². The van der Waals surface area contributed by atoms with Crippen molar-refractivity contribution in [2.24, 2.45) is 0 Å². The van der Waals surface area contributed by atoms with E-state index in [-0.39, 0.29) is 25.5 Å². The number of halogens is 1. The first-order valence-corrected chi connectivity index (χ1v) is 7.11. The SMILES string of the molecule is COCC(O)CN(C)C(=O)CCOc1ccc(Br)cc1. The highest BCUT2D eigenvalue weighted by molar-refractivity contribution is 9.10. The molecule has 0 spiro atoms. The first-order valence-electron chi connectivity index (χ1n) is 6.32. The molecular weight excluding hydrogens is 326 g/mol. The standard InChI is InChI=1S/C14H20BrNO4/c1-16(9-12(17)10-19-2)14(18)7-8-20-13-5-3-11(15)4-6-13/h3-6,12,17H,7-10H2,1-2H3. The predicted octanol–water partition coefficient (Wildman–Crippen LogP) is 1.68. The van der Waals surface area contributed by atoms with Gasteiger partial charge in [-0.05, 0) is 24.3 Å². The molecule has 0 aliphatic carbocycles. The smallest absolute Gasteiger partial charge is 0.225 e. The molecule has 0 saturated carbocycles. The molecular formula is C14H20BrNO4. The number of nitrogens with zero attached hydrogens (tertiary/aromatic N) is 1. The molecule has 1 N–H and O–H groups in total. The third-order valence-corrected chi connectivity index (χ3v) is 3.20. The third-order valence-electron chi connectivity index (χ3n) is 2.67. The number of aliphatic hydroxyl groups excluding tert-OH is 1. The molecule has 1 aromatic rings. The minimum absolute atomic E-state index is 0.0720. The molecule has 0 saturated heterocycles. The van der Waals surface area contributed by atoms with Crippen molar-refractivity contribution in [1.82, 2.24) is 4.90 Å². The normalized spacial score (nSPS) is 12.0. The van der Waals surface area contributed by atoms with Gasteiger partial charge in [0.1, 0.15) is 5.75 Å². The van der Waals surface area contributed by atoms with Crippen LogP contribution in [0.15, 0.2) is 28.7 Å². The molecule has 1 amide bonds. The van der Waals surface area contributed by atoms with Crippen LogP contribution in [0.4, 0.5) is 0 Å². The fraction of sp³-hybridized carbons (Fsp3) is 0.500. The van der Waals surface area contributed by atoms with E-state index < -0.39 is 6.10 Å². The van der Waals surface area contributed by atoms with Crippen LogP contribution in [0, 0.1) is 0 Å². The van der Waals surface area contributed by atoms with Crippen LogP contribution in [0.1, 0.15) is 6.42 Å². The lowest BCUT2D eigenvalue weighted by Gasteiger charge is -2.20. The van der Waals surface area contributed by atoms with Crippen molar-refractivity contribution in [2.45, 2.75) is 12.5 Å². The van der Waals surface area contributed by atoms with Gasteiger partial charge < -0.3 is 19.5 Å². The molecule has 0 aromatic heterocycles. The van der Waals surface area contributed by atoms with Crippen LogP contribution in [-0.4, -0.2) is 55.9 Å². The van der Waals surface area contributed by atoms with Crippen LogP contribution in [0.5, 0.6) is 5.75 Å². The average molecular weight is 346 g/mol. The Bertz CT molecular complexity index is 410. The fourth-order valence-electron chi connectivity index (χ4n) is 1.64. The van der Waals surface area contributed by atoms with Gasteiger partial charge in [0.05, 0.1) is 25.7 Å². The number of carbonyl (C=O) groups excluding carboxylic acids is 1. The zero-order chi connectivity index (χ0) is 15.0. The number of rotatable bonds is 8. The Kier molecular flexibility index (Phi) is 7.58. The number of methoxy groups -OCH3 is 1. The molecule has 0 fully saturated rings. The summed E-state index contributed by atoms with van der Waals surface area (Å²) < 4.78 is 11.3. The summed E-state index contributed by atoms with van der Waals surface area (Å²) in [6, 6.07) is 7.43. The summed E-state index contributed by atoms with van der Waals surface area (Å²) in [5, 5.41) is 9.54. The Morgan fingerprint density at radius 3 is 2.65 bits per heavy atom. The molecule has 5 nitrogen and oxygen atoms in total. The number of amides is 1. The maximum atomic E-state index is 11.8. The number of hydrogen-bond donors (Lipinski definition) is 1. The van der Waals surface area contributed by atoms with Crippen LogP contribution < -0.4 is 4.74 Å². The van der Waals surface area contributed by atoms with E-state index in [0.29, 0.717) is 6.61 Å². The molecule has 1 rings (SSSR count). The summed E-state index contributed by atoms with van der Waals surface area (Å²) in [7, 11) is 3.16. The van der Waals surface area contributed by atoms with E-state index in [1.165, 1.54) is 12.0 Å². The second kappa shape index (κ2) is 8.94. The number of ether oxygens (including phenoxy) is 2. The lowest BCUT2D eigenvalue weighted by molar-refractivity contribution is -0.132. The largest absolute Gasteiger partial charge is 0.493 e.